The zero-order chi connectivity index (χ0) is 18.4. The van der Waals surface area contributed by atoms with Gasteiger partial charge in [0.2, 0.25) is 5.91 Å². The summed E-state index contributed by atoms with van der Waals surface area (Å²) in [5, 5.41) is 14.7. The lowest BCUT2D eigenvalue weighted by Crippen LogP contribution is -2.31. The van der Waals surface area contributed by atoms with Crippen molar-refractivity contribution in [3.63, 3.8) is 0 Å². The number of amides is 2. The maximum absolute atomic E-state index is 14.0. The summed E-state index contributed by atoms with van der Waals surface area (Å²) in [4.78, 5) is 23.5. The second kappa shape index (κ2) is 8.39. The zero-order valence-corrected chi connectivity index (χ0v) is 14.2. The van der Waals surface area contributed by atoms with Crippen molar-refractivity contribution in [3.8, 4) is 0 Å². The minimum Gasteiger partial charge on any atom is -0.394 e. The third-order valence-electron chi connectivity index (χ3n) is 3.81. The number of nitrogens with one attached hydrogen (secondary N) is 2. The van der Waals surface area contributed by atoms with E-state index < -0.39 is 17.8 Å². The van der Waals surface area contributed by atoms with Gasteiger partial charge in [-0.1, -0.05) is 31.2 Å². The van der Waals surface area contributed by atoms with Gasteiger partial charge in [0.15, 0.2) is 0 Å². The lowest BCUT2D eigenvalue weighted by molar-refractivity contribution is -0.114. The molecule has 0 spiro atoms. The first-order chi connectivity index (χ1) is 11.9. The van der Waals surface area contributed by atoms with E-state index in [2.05, 4.69) is 10.6 Å². The highest BCUT2D eigenvalue weighted by Gasteiger charge is 2.18. The molecule has 0 aliphatic rings. The molecular formula is C19H21FN2O3. The number of rotatable bonds is 6. The molecule has 0 saturated heterocycles. The summed E-state index contributed by atoms with van der Waals surface area (Å²) in [6.45, 7) is 3.04. The van der Waals surface area contributed by atoms with E-state index in [1.54, 1.807) is 0 Å². The van der Waals surface area contributed by atoms with Crippen LogP contribution in [0.1, 0.15) is 41.4 Å². The summed E-state index contributed by atoms with van der Waals surface area (Å²) in [5.74, 6) is -1.69. The van der Waals surface area contributed by atoms with Crippen molar-refractivity contribution in [2.45, 2.75) is 26.3 Å². The van der Waals surface area contributed by atoms with Crippen LogP contribution in [0.15, 0.2) is 42.5 Å². The molecule has 0 saturated carbocycles. The quantitative estimate of drug-likeness (QED) is 0.754. The van der Waals surface area contributed by atoms with Gasteiger partial charge < -0.3 is 15.7 Å². The Morgan fingerprint density at radius 3 is 2.40 bits per heavy atom. The average molecular weight is 344 g/mol. The molecule has 1 unspecified atom stereocenters. The third-order valence-corrected chi connectivity index (χ3v) is 3.81. The normalized spacial score (nSPS) is 11.7. The van der Waals surface area contributed by atoms with Crippen molar-refractivity contribution < 1.29 is 19.1 Å². The number of carbonyl (C=O) groups is 2. The van der Waals surface area contributed by atoms with Crippen LogP contribution in [0.5, 0.6) is 0 Å². The Balaban J connectivity index is 2.19. The van der Waals surface area contributed by atoms with Crippen molar-refractivity contribution >= 4 is 17.5 Å². The van der Waals surface area contributed by atoms with Gasteiger partial charge in [0.1, 0.15) is 5.82 Å². The van der Waals surface area contributed by atoms with Crippen LogP contribution in [-0.4, -0.2) is 23.5 Å². The molecule has 1 atom stereocenters. The molecule has 6 heteroatoms. The summed E-state index contributed by atoms with van der Waals surface area (Å²) in [7, 11) is 0. The number of aryl methyl sites for hydroxylation is 1. The van der Waals surface area contributed by atoms with E-state index in [9.17, 15) is 19.1 Å². The van der Waals surface area contributed by atoms with Crippen molar-refractivity contribution in [3.05, 3.63) is 65.0 Å². The molecule has 5 nitrogen and oxygen atoms in total. The number of aliphatic hydroxyl groups is 1. The summed E-state index contributed by atoms with van der Waals surface area (Å²) >= 11 is 0. The van der Waals surface area contributed by atoms with Gasteiger partial charge in [-0.3, -0.25) is 9.59 Å². The smallest absolute Gasteiger partial charge is 0.254 e. The van der Waals surface area contributed by atoms with Crippen LogP contribution in [0, 0.1) is 5.82 Å². The van der Waals surface area contributed by atoms with Gasteiger partial charge in [0, 0.05) is 12.6 Å². The molecule has 0 aliphatic heterocycles. The third kappa shape index (κ3) is 4.87. The van der Waals surface area contributed by atoms with Crippen molar-refractivity contribution in [1.82, 2.24) is 5.32 Å². The first-order valence-electron chi connectivity index (χ1n) is 8.02. The van der Waals surface area contributed by atoms with Crippen molar-refractivity contribution in [2.75, 3.05) is 11.9 Å². The van der Waals surface area contributed by atoms with Crippen LogP contribution in [0.2, 0.25) is 0 Å². The second-order valence-electron chi connectivity index (χ2n) is 5.68. The van der Waals surface area contributed by atoms with Crippen LogP contribution in [0.3, 0.4) is 0 Å². The lowest BCUT2D eigenvalue weighted by Gasteiger charge is -2.18. The van der Waals surface area contributed by atoms with E-state index in [1.165, 1.54) is 19.1 Å². The number of hydrogen-bond acceptors (Lipinski definition) is 3. The first-order valence-corrected chi connectivity index (χ1v) is 8.02. The minimum absolute atomic E-state index is 0.199. The first kappa shape index (κ1) is 18.6. The Bertz CT molecular complexity index is 760. The molecule has 0 radical (unpaired) electrons. The fraction of sp³-hybridized carbons (Fsp3) is 0.263. The van der Waals surface area contributed by atoms with Gasteiger partial charge in [-0.2, -0.15) is 0 Å². The number of carbonyl (C=O) groups excluding carboxylic acids is 2. The fourth-order valence-corrected chi connectivity index (χ4v) is 2.44. The Hall–Kier alpha value is -2.73. The summed E-state index contributed by atoms with van der Waals surface area (Å²) in [5.41, 5.74) is 1.99. The highest BCUT2D eigenvalue weighted by molar-refractivity contribution is 5.97. The van der Waals surface area contributed by atoms with Gasteiger partial charge in [0.25, 0.3) is 5.91 Å². The molecule has 0 aliphatic carbocycles. The van der Waals surface area contributed by atoms with Crippen molar-refractivity contribution in [1.29, 1.82) is 0 Å². The van der Waals surface area contributed by atoms with Crippen LogP contribution in [0.4, 0.5) is 10.1 Å². The van der Waals surface area contributed by atoms with Gasteiger partial charge >= 0.3 is 0 Å². The maximum atomic E-state index is 14.0. The standard InChI is InChI=1S/C19H21FN2O3/c1-3-13-4-6-14(7-5-13)18(11-23)22-19(25)16-10-15(21-12(2)24)8-9-17(16)20/h4-10,18,23H,3,11H2,1-2H3,(H,21,24)(H,22,25). The van der Waals surface area contributed by atoms with Crippen LogP contribution in [-0.2, 0) is 11.2 Å². The molecule has 0 bridgehead atoms. The largest absolute Gasteiger partial charge is 0.394 e. The molecule has 2 rings (SSSR count). The molecular weight excluding hydrogens is 323 g/mol. The molecule has 3 N–H and O–H groups in total. The number of halogens is 1. The molecule has 25 heavy (non-hydrogen) atoms. The fourth-order valence-electron chi connectivity index (χ4n) is 2.44. The SMILES string of the molecule is CCc1ccc(C(CO)NC(=O)c2cc(NC(C)=O)ccc2F)cc1. The molecule has 2 amide bonds. The predicted molar refractivity (Wildman–Crippen MR) is 93.8 cm³/mol. The zero-order valence-electron chi connectivity index (χ0n) is 14.2. The Labute approximate surface area is 145 Å². The van der Waals surface area contributed by atoms with Gasteiger partial charge in [-0.05, 0) is 35.7 Å². The van der Waals surface area contributed by atoms with Gasteiger partial charge in [0.05, 0.1) is 18.2 Å². The highest BCUT2D eigenvalue weighted by atomic mass is 19.1. The second-order valence-corrected chi connectivity index (χ2v) is 5.68. The number of hydrogen-bond donors (Lipinski definition) is 3. The Morgan fingerprint density at radius 1 is 1.16 bits per heavy atom. The molecule has 132 valence electrons. The van der Waals surface area contributed by atoms with Crippen molar-refractivity contribution in [2.24, 2.45) is 0 Å². The van der Waals surface area contributed by atoms with E-state index >= 15 is 0 Å². The minimum atomic E-state index is -0.704. The molecule has 2 aromatic carbocycles. The summed E-state index contributed by atoms with van der Waals surface area (Å²) in [6, 6.07) is 10.6. The number of aliphatic hydroxyl groups excluding tert-OH is 1. The number of benzene rings is 2. The van der Waals surface area contributed by atoms with Gasteiger partial charge in [-0.25, -0.2) is 4.39 Å². The highest BCUT2D eigenvalue weighted by Crippen LogP contribution is 2.18. The van der Waals surface area contributed by atoms with Crippen LogP contribution >= 0.6 is 0 Å². The Morgan fingerprint density at radius 2 is 1.84 bits per heavy atom. The average Bonchev–Trinajstić information content (AvgIpc) is 2.60. The number of anilines is 1. The molecule has 0 fully saturated rings. The molecule has 0 aromatic heterocycles. The summed E-state index contributed by atoms with van der Waals surface area (Å²) in [6.07, 6.45) is 0.886. The molecule has 2 aromatic rings. The predicted octanol–water partition coefficient (Wildman–Crippen LogP) is 2.81. The van der Waals surface area contributed by atoms with Crippen LogP contribution in [0.25, 0.3) is 0 Å². The Kier molecular flexibility index (Phi) is 6.25. The van der Waals surface area contributed by atoms with E-state index in [0.717, 1.165) is 23.6 Å². The lowest BCUT2D eigenvalue weighted by atomic mass is 10.0. The van der Waals surface area contributed by atoms with Crippen LogP contribution < -0.4 is 10.6 Å². The maximum Gasteiger partial charge on any atom is 0.254 e. The molecule has 0 heterocycles. The van der Waals surface area contributed by atoms with Gasteiger partial charge in [-0.15, -0.1) is 0 Å². The van der Waals surface area contributed by atoms with E-state index in [0.29, 0.717) is 5.69 Å². The van der Waals surface area contributed by atoms with E-state index in [-0.39, 0.29) is 18.1 Å². The van der Waals surface area contributed by atoms with E-state index in [4.69, 9.17) is 0 Å². The topological polar surface area (TPSA) is 78.4 Å². The monoisotopic (exact) mass is 344 g/mol. The van der Waals surface area contributed by atoms with E-state index in [1.807, 2.05) is 31.2 Å². The summed E-state index contributed by atoms with van der Waals surface area (Å²) < 4.78 is 14.0.